The standard InChI is InChI=1S/C13H16ClN3O/c1-8-6-10(4-5-18-8)17-12-7-9(14)2-3-11(12)16-13(17)15/h2-3,7-8,10H,4-6H2,1H3,(H2,15,16). The van der Waals surface area contributed by atoms with Gasteiger partial charge in [-0.25, -0.2) is 4.98 Å². The summed E-state index contributed by atoms with van der Waals surface area (Å²) in [5, 5.41) is 0.712. The minimum absolute atomic E-state index is 0.264. The normalized spacial score (nSPS) is 24.6. The van der Waals surface area contributed by atoms with E-state index >= 15 is 0 Å². The van der Waals surface area contributed by atoms with Gasteiger partial charge in [-0.1, -0.05) is 11.6 Å². The maximum atomic E-state index is 6.06. The van der Waals surface area contributed by atoms with Crippen molar-refractivity contribution in [2.24, 2.45) is 0 Å². The molecule has 1 aliphatic rings. The fraction of sp³-hybridized carbons (Fsp3) is 0.462. The van der Waals surface area contributed by atoms with Gasteiger partial charge in [-0.05, 0) is 38.0 Å². The van der Waals surface area contributed by atoms with Crippen LogP contribution in [0.5, 0.6) is 0 Å². The maximum Gasteiger partial charge on any atom is 0.201 e. The predicted octanol–water partition coefficient (Wildman–Crippen LogP) is 3.01. The van der Waals surface area contributed by atoms with E-state index in [1.165, 1.54) is 0 Å². The molecular weight excluding hydrogens is 250 g/mol. The van der Waals surface area contributed by atoms with Crippen molar-refractivity contribution in [1.29, 1.82) is 0 Å². The number of halogens is 1. The molecule has 2 N–H and O–H groups in total. The van der Waals surface area contributed by atoms with Gasteiger partial charge < -0.3 is 15.0 Å². The maximum absolute atomic E-state index is 6.06. The molecule has 96 valence electrons. The highest BCUT2D eigenvalue weighted by molar-refractivity contribution is 6.31. The van der Waals surface area contributed by atoms with E-state index in [1.807, 2.05) is 18.2 Å². The van der Waals surface area contributed by atoms with E-state index in [0.717, 1.165) is 30.5 Å². The Balaban J connectivity index is 2.09. The summed E-state index contributed by atoms with van der Waals surface area (Å²) in [7, 11) is 0. The Morgan fingerprint density at radius 2 is 2.33 bits per heavy atom. The van der Waals surface area contributed by atoms with E-state index in [-0.39, 0.29) is 6.10 Å². The first-order valence-corrected chi connectivity index (χ1v) is 6.57. The number of hydrogen-bond acceptors (Lipinski definition) is 3. The summed E-state index contributed by atoms with van der Waals surface area (Å²) in [5.41, 5.74) is 7.96. The lowest BCUT2D eigenvalue weighted by Gasteiger charge is -2.29. The van der Waals surface area contributed by atoms with Crippen LogP contribution in [0.4, 0.5) is 5.95 Å². The Morgan fingerprint density at radius 3 is 3.11 bits per heavy atom. The minimum Gasteiger partial charge on any atom is -0.378 e. The van der Waals surface area contributed by atoms with Gasteiger partial charge in [-0.3, -0.25) is 0 Å². The summed E-state index contributed by atoms with van der Waals surface area (Å²) >= 11 is 6.06. The van der Waals surface area contributed by atoms with Crippen LogP contribution in [0.3, 0.4) is 0 Å². The van der Waals surface area contributed by atoms with E-state index < -0.39 is 0 Å². The van der Waals surface area contributed by atoms with Crippen molar-refractivity contribution in [3.63, 3.8) is 0 Å². The molecular formula is C13H16ClN3O. The monoisotopic (exact) mass is 265 g/mol. The molecule has 1 saturated heterocycles. The van der Waals surface area contributed by atoms with E-state index in [9.17, 15) is 0 Å². The van der Waals surface area contributed by atoms with Crippen LogP contribution in [0, 0.1) is 0 Å². The fourth-order valence-corrected chi connectivity index (χ4v) is 2.84. The molecule has 0 spiro atoms. The summed E-state index contributed by atoms with van der Waals surface area (Å²) in [4.78, 5) is 4.40. The molecule has 0 saturated carbocycles. The smallest absolute Gasteiger partial charge is 0.201 e. The molecule has 0 amide bonds. The molecule has 1 fully saturated rings. The lowest BCUT2D eigenvalue weighted by molar-refractivity contribution is 0.00714. The van der Waals surface area contributed by atoms with Crippen molar-refractivity contribution in [2.45, 2.75) is 31.9 Å². The molecule has 1 aliphatic heterocycles. The number of rotatable bonds is 1. The zero-order chi connectivity index (χ0) is 12.7. The van der Waals surface area contributed by atoms with Gasteiger partial charge in [-0.2, -0.15) is 0 Å². The third-order valence-corrected chi connectivity index (χ3v) is 3.74. The molecule has 2 unspecified atom stereocenters. The van der Waals surface area contributed by atoms with Crippen LogP contribution in [-0.4, -0.2) is 22.3 Å². The number of hydrogen-bond donors (Lipinski definition) is 1. The molecule has 2 heterocycles. The van der Waals surface area contributed by atoms with Crippen molar-refractivity contribution in [3.05, 3.63) is 23.2 Å². The van der Waals surface area contributed by atoms with Gasteiger partial charge in [-0.15, -0.1) is 0 Å². The van der Waals surface area contributed by atoms with Crippen LogP contribution in [0.15, 0.2) is 18.2 Å². The number of nitrogens with zero attached hydrogens (tertiary/aromatic N) is 2. The fourth-order valence-electron chi connectivity index (χ4n) is 2.68. The summed E-state index contributed by atoms with van der Waals surface area (Å²) in [5.74, 6) is 0.561. The summed E-state index contributed by atoms with van der Waals surface area (Å²) in [6, 6.07) is 6.03. The third kappa shape index (κ3) is 1.95. The Kier molecular flexibility index (Phi) is 2.92. The van der Waals surface area contributed by atoms with Crippen LogP contribution in [0.2, 0.25) is 5.02 Å². The number of aromatic nitrogens is 2. The van der Waals surface area contributed by atoms with E-state index in [2.05, 4.69) is 16.5 Å². The second-order valence-electron chi connectivity index (χ2n) is 4.83. The van der Waals surface area contributed by atoms with E-state index in [1.54, 1.807) is 0 Å². The van der Waals surface area contributed by atoms with Crippen molar-refractivity contribution < 1.29 is 4.74 Å². The van der Waals surface area contributed by atoms with Gasteiger partial charge >= 0.3 is 0 Å². The van der Waals surface area contributed by atoms with Crippen LogP contribution in [-0.2, 0) is 4.74 Å². The van der Waals surface area contributed by atoms with Crippen LogP contribution in [0.25, 0.3) is 11.0 Å². The van der Waals surface area contributed by atoms with E-state index in [0.29, 0.717) is 17.0 Å². The molecule has 4 nitrogen and oxygen atoms in total. The first kappa shape index (κ1) is 11.8. The summed E-state index contributed by atoms with van der Waals surface area (Å²) < 4.78 is 7.68. The molecule has 18 heavy (non-hydrogen) atoms. The Labute approximate surface area is 111 Å². The lowest BCUT2D eigenvalue weighted by atomic mass is 10.0. The molecule has 2 aromatic rings. The lowest BCUT2D eigenvalue weighted by Crippen LogP contribution is -2.26. The Hall–Kier alpha value is -1.26. The Morgan fingerprint density at radius 1 is 1.50 bits per heavy atom. The second kappa shape index (κ2) is 4.44. The number of benzene rings is 1. The third-order valence-electron chi connectivity index (χ3n) is 3.50. The highest BCUT2D eigenvalue weighted by atomic mass is 35.5. The topological polar surface area (TPSA) is 53.1 Å². The summed E-state index contributed by atoms with van der Waals surface area (Å²) in [6.45, 7) is 2.86. The zero-order valence-corrected chi connectivity index (χ0v) is 11.0. The number of nitrogen functional groups attached to an aromatic ring is 1. The van der Waals surface area contributed by atoms with Crippen LogP contribution < -0.4 is 5.73 Å². The first-order chi connectivity index (χ1) is 8.65. The molecule has 1 aromatic carbocycles. The average molecular weight is 266 g/mol. The number of ether oxygens (including phenoxy) is 1. The molecule has 2 atom stereocenters. The molecule has 3 rings (SSSR count). The van der Waals surface area contributed by atoms with Gasteiger partial charge in [0.2, 0.25) is 5.95 Å². The van der Waals surface area contributed by atoms with Crippen molar-refractivity contribution >= 4 is 28.6 Å². The molecule has 5 heteroatoms. The molecule has 1 aromatic heterocycles. The van der Waals surface area contributed by atoms with Gasteiger partial charge in [0.1, 0.15) is 0 Å². The second-order valence-corrected chi connectivity index (χ2v) is 5.27. The largest absolute Gasteiger partial charge is 0.378 e. The summed E-state index contributed by atoms with van der Waals surface area (Å²) in [6.07, 6.45) is 2.19. The Bertz CT molecular complexity index is 581. The first-order valence-electron chi connectivity index (χ1n) is 6.19. The van der Waals surface area contributed by atoms with Crippen molar-refractivity contribution in [2.75, 3.05) is 12.3 Å². The van der Waals surface area contributed by atoms with Crippen LogP contribution in [0.1, 0.15) is 25.8 Å². The van der Waals surface area contributed by atoms with Gasteiger partial charge in [0.25, 0.3) is 0 Å². The highest BCUT2D eigenvalue weighted by Gasteiger charge is 2.24. The van der Waals surface area contributed by atoms with E-state index in [4.69, 9.17) is 22.1 Å². The van der Waals surface area contributed by atoms with Crippen molar-refractivity contribution in [1.82, 2.24) is 9.55 Å². The minimum atomic E-state index is 0.264. The van der Waals surface area contributed by atoms with Gasteiger partial charge in [0.15, 0.2) is 0 Å². The predicted molar refractivity (Wildman–Crippen MR) is 72.8 cm³/mol. The number of anilines is 1. The molecule has 0 bridgehead atoms. The highest BCUT2D eigenvalue weighted by Crippen LogP contribution is 2.32. The molecule has 0 aliphatic carbocycles. The van der Waals surface area contributed by atoms with Gasteiger partial charge in [0.05, 0.1) is 17.1 Å². The van der Waals surface area contributed by atoms with Crippen LogP contribution >= 0.6 is 11.6 Å². The number of nitrogens with two attached hydrogens (primary N) is 1. The quantitative estimate of drug-likeness (QED) is 0.862. The number of imidazole rings is 1. The number of fused-ring (bicyclic) bond motifs is 1. The SMILES string of the molecule is CC1CC(n2c(N)nc3ccc(Cl)cc32)CCO1. The van der Waals surface area contributed by atoms with Crippen molar-refractivity contribution in [3.8, 4) is 0 Å². The molecule has 0 radical (unpaired) electrons. The average Bonchev–Trinajstić information content (AvgIpc) is 2.64. The van der Waals surface area contributed by atoms with Gasteiger partial charge in [0, 0.05) is 17.7 Å². The zero-order valence-electron chi connectivity index (χ0n) is 10.3.